The Labute approximate surface area is 115 Å². The van der Waals surface area contributed by atoms with Gasteiger partial charge in [-0.25, -0.2) is 5.84 Å². The molecule has 0 atom stereocenters. The number of carbonyl (C=O) groups is 1. The minimum absolute atomic E-state index is 0.0181. The molecule has 0 heterocycles. The van der Waals surface area contributed by atoms with E-state index in [4.69, 9.17) is 11.1 Å². The van der Waals surface area contributed by atoms with Crippen LogP contribution >= 0.6 is 0 Å². The number of hydrogen-bond donors (Lipinski definition) is 2. The van der Waals surface area contributed by atoms with Gasteiger partial charge < -0.3 is 0 Å². The molecule has 1 aliphatic rings. The van der Waals surface area contributed by atoms with Crippen LogP contribution in [0.2, 0.25) is 0 Å². The highest BCUT2D eigenvalue weighted by atomic mass is 16.6. The Balaban J connectivity index is 2.33. The molecule has 0 radical (unpaired) electrons. The number of amides is 1. The van der Waals surface area contributed by atoms with Crippen molar-refractivity contribution in [2.45, 2.75) is 24.7 Å². The van der Waals surface area contributed by atoms with E-state index < -0.39 is 10.3 Å². The first-order valence-electron chi connectivity index (χ1n) is 6.15. The van der Waals surface area contributed by atoms with Gasteiger partial charge in [0.2, 0.25) is 5.91 Å². The summed E-state index contributed by atoms with van der Waals surface area (Å²) in [6, 6.07) is 8.38. The molecule has 1 amide bonds. The predicted octanol–water partition coefficient (Wildman–Crippen LogP) is 1.15. The summed E-state index contributed by atoms with van der Waals surface area (Å²) < 4.78 is 0. The molecule has 0 aliphatic heterocycles. The average Bonchev–Trinajstić information content (AvgIpc) is 2.42. The molecule has 3 N–H and O–H groups in total. The van der Waals surface area contributed by atoms with Gasteiger partial charge in [0, 0.05) is 29.9 Å². The van der Waals surface area contributed by atoms with Gasteiger partial charge in [0.15, 0.2) is 0 Å². The van der Waals surface area contributed by atoms with Gasteiger partial charge in [0.25, 0.3) is 5.69 Å². The van der Waals surface area contributed by atoms with Crippen molar-refractivity contribution in [3.63, 3.8) is 0 Å². The van der Waals surface area contributed by atoms with Crippen LogP contribution in [-0.4, -0.2) is 10.8 Å². The Hall–Kier alpha value is -2.46. The lowest BCUT2D eigenvalue weighted by Crippen LogP contribution is -2.45. The number of hydrazine groups is 1. The number of nitriles is 1. The fraction of sp³-hybridized carbons (Fsp3) is 0.385. The molecule has 1 aromatic rings. The molecule has 2 rings (SSSR count). The molecule has 1 fully saturated rings. The first kappa shape index (κ1) is 14.0. The normalized spacial score (nSPS) is 24.3. The van der Waals surface area contributed by atoms with Crippen molar-refractivity contribution in [2.24, 2.45) is 11.8 Å². The number of benzene rings is 1. The lowest BCUT2D eigenvalue weighted by atomic mass is 9.57. The van der Waals surface area contributed by atoms with E-state index in [2.05, 4.69) is 11.5 Å². The highest BCUT2D eigenvalue weighted by molar-refractivity contribution is 5.77. The molecule has 7 nitrogen and oxygen atoms in total. The molecule has 1 aliphatic carbocycles. The third-order valence-electron chi connectivity index (χ3n) is 3.79. The second kappa shape index (κ2) is 5.27. The van der Waals surface area contributed by atoms with Crippen LogP contribution in [0.3, 0.4) is 0 Å². The SMILES string of the molecule is N#CC1CC(CC(=O)NN)(c2cccc([N+](=O)[O-])c2)C1. The summed E-state index contributed by atoms with van der Waals surface area (Å²) in [6.45, 7) is 0. The van der Waals surface area contributed by atoms with Crippen molar-refractivity contribution in [1.29, 1.82) is 5.26 Å². The molecule has 0 spiro atoms. The van der Waals surface area contributed by atoms with Crippen LogP contribution in [-0.2, 0) is 10.2 Å². The van der Waals surface area contributed by atoms with Crippen LogP contribution in [0, 0.1) is 27.4 Å². The molecular weight excluding hydrogens is 260 g/mol. The van der Waals surface area contributed by atoms with Crippen LogP contribution in [0.4, 0.5) is 5.69 Å². The Morgan fingerprint density at radius 3 is 2.85 bits per heavy atom. The van der Waals surface area contributed by atoms with Crippen molar-refractivity contribution in [2.75, 3.05) is 0 Å². The zero-order valence-electron chi connectivity index (χ0n) is 10.7. The Bertz CT molecular complexity index is 588. The van der Waals surface area contributed by atoms with E-state index in [1.807, 2.05) is 0 Å². The maximum atomic E-state index is 11.6. The number of rotatable bonds is 4. The van der Waals surface area contributed by atoms with E-state index >= 15 is 0 Å². The second-order valence-corrected chi connectivity index (χ2v) is 5.07. The Morgan fingerprint density at radius 1 is 1.60 bits per heavy atom. The minimum Gasteiger partial charge on any atom is -0.294 e. The van der Waals surface area contributed by atoms with Gasteiger partial charge in [0.1, 0.15) is 0 Å². The molecule has 20 heavy (non-hydrogen) atoms. The predicted molar refractivity (Wildman–Crippen MR) is 70.1 cm³/mol. The molecule has 0 bridgehead atoms. The summed E-state index contributed by atoms with van der Waals surface area (Å²) in [4.78, 5) is 21.9. The molecule has 104 valence electrons. The van der Waals surface area contributed by atoms with Crippen molar-refractivity contribution in [3.8, 4) is 6.07 Å². The van der Waals surface area contributed by atoms with Crippen LogP contribution in [0.5, 0.6) is 0 Å². The number of nitrogens with zero attached hydrogens (tertiary/aromatic N) is 2. The highest BCUT2D eigenvalue weighted by Gasteiger charge is 2.47. The standard InChI is InChI=1S/C13H14N4O3/c14-8-9-5-13(6-9,7-12(18)16-15)10-2-1-3-11(4-10)17(19)20/h1-4,9H,5-7,15H2,(H,16,18). The average molecular weight is 274 g/mol. The number of carbonyl (C=O) groups excluding carboxylic acids is 1. The van der Waals surface area contributed by atoms with Gasteiger partial charge in [-0.3, -0.25) is 20.3 Å². The van der Waals surface area contributed by atoms with Crippen LogP contribution in [0.15, 0.2) is 24.3 Å². The van der Waals surface area contributed by atoms with Gasteiger partial charge in [-0.1, -0.05) is 12.1 Å². The lowest BCUT2D eigenvalue weighted by Gasteiger charge is -2.45. The first-order chi connectivity index (χ1) is 9.50. The quantitative estimate of drug-likeness (QED) is 0.369. The number of nitro benzene ring substituents is 1. The fourth-order valence-corrected chi connectivity index (χ4v) is 2.76. The molecule has 0 aromatic heterocycles. The van der Waals surface area contributed by atoms with Crippen molar-refractivity contribution in [3.05, 3.63) is 39.9 Å². The van der Waals surface area contributed by atoms with Crippen LogP contribution in [0.1, 0.15) is 24.8 Å². The summed E-state index contributed by atoms with van der Waals surface area (Å²) in [7, 11) is 0. The zero-order valence-corrected chi connectivity index (χ0v) is 10.7. The van der Waals surface area contributed by atoms with Crippen molar-refractivity contribution < 1.29 is 9.72 Å². The number of nitro groups is 1. The summed E-state index contributed by atoms with van der Waals surface area (Å²) >= 11 is 0. The minimum atomic E-state index is -0.532. The topological polar surface area (TPSA) is 122 Å². The first-order valence-corrected chi connectivity index (χ1v) is 6.15. The van der Waals surface area contributed by atoms with E-state index in [1.54, 1.807) is 12.1 Å². The van der Waals surface area contributed by atoms with E-state index in [9.17, 15) is 14.9 Å². The molecule has 0 saturated heterocycles. The number of non-ortho nitro benzene ring substituents is 1. The van der Waals surface area contributed by atoms with E-state index in [0.717, 1.165) is 0 Å². The van der Waals surface area contributed by atoms with Crippen molar-refractivity contribution >= 4 is 11.6 Å². The molecule has 1 saturated carbocycles. The summed E-state index contributed by atoms with van der Waals surface area (Å²) in [5, 5.41) is 19.8. The van der Waals surface area contributed by atoms with Crippen LogP contribution < -0.4 is 11.3 Å². The van der Waals surface area contributed by atoms with Crippen LogP contribution in [0.25, 0.3) is 0 Å². The fourth-order valence-electron chi connectivity index (χ4n) is 2.76. The highest BCUT2D eigenvalue weighted by Crippen LogP contribution is 2.50. The zero-order chi connectivity index (χ0) is 14.8. The maximum absolute atomic E-state index is 11.6. The van der Waals surface area contributed by atoms with E-state index in [0.29, 0.717) is 18.4 Å². The summed E-state index contributed by atoms with van der Waals surface area (Å²) in [6.07, 6.45) is 1.15. The summed E-state index contributed by atoms with van der Waals surface area (Å²) in [5.41, 5.74) is 2.23. The van der Waals surface area contributed by atoms with Gasteiger partial charge in [-0.2, -0.15) is 5.26 Å². The third-order valence-corrected chi connectivity index (χ3v) is 3.79. The largest absolute Gasteiger partial charge is 0.294 e. The van der Waals surface area contributed by atoms with Gasteiger partial charge >= 0.3 is 0 Å². The smallest absolute Gasteiger partial charge is 0.269 e. The maximum Gasteiger partial charge on any atom is 0.269 e. The summed E-state index contributed by atoms with van der Waals surface area (Å²) in [5.74, 6) is 4.64. The van der Waals surface area contributed by atoms with Crippen molar-refractivity contribution in [1.82, 2.24) is 5.43 Å². The van der Waals surface area contributed by atoms with E-state index in [-0.39, 0.29) is 23.9 Å². The number of nitrogens with two attached hydrogens (primary N) is 1. The van der Waals surface area contributed by atoms with Gasteiger partial charge in [0.05, 0.1) is 11.0 Å². The lowest BCUT2D eigenvalue weighted by molar-refractivity contribution is -0.385. The van der Waals surface area contributed by atoms with Gasteiger partial charge in [-0.05, 0) is 18.4 Å². The second-order valence-electron chi connectivity index (χ2n) is 5.07. The Morgan fingerprint density at radius 2 is 2.30 bits per heavy atom. The monoisotopic (exact) mass is 274 g/mol. The van der Waals surface area contributed by atoms with Gasteiger partial charge in [-0.15, -0.1) is 0 Å². The van der Waals surface area contributed by atoms with E-state index in [1.165, 1.54) is 12.1 Å². The molecule has 1 aromatic carbocycles. The number of hydrogen-bond acceptors (Lipinski definition) is 5. The molecule has 0 unspecified atom stereocenters. The Kier molecular flexibility index (Phi) is 3.68. The molecular formula is C13H14N4O3. The number of nitrogens with one attached hydrogen (secondary N) is 1. The molecule has 7 heteroatoms. The third kappa shape index (κ3) is 2.46.